The zero-order valence-electron chi connectivity index (χ0n) is 15.4. The van der Waals surface area contributed by atoms with Crippen LogP contribution in [0, 0.1) is 0 Å². The molecule has 2 aliphatic heterocycles. The second-order valence-electron chi connectivity index (χ2n) is 7.70. The number of amides is 1. The van der Waals surface area contributed by atoms with Crippen molar-refractivity contribution in [3.05, 3.63) is 12.4 Å². The van der Waals surface area contributed by atoms with E-state index >= 15 is 0 Å². The van der Waals surface area contributed by atoms with Gasteiger partial charge in [0.05, 0.1) is 18.1 Å². The van der Waals surface area contributed by atoms with Gasteiger partial charge in [0.25, 0.3) is 0 Å². The highest BCUT2D eigenvalue weighted by Crippen LogP contribution is 2.21. The Labute approximate surface area is 149 Å². The number of nitrogens with zero attached hydrogens (tertiary/aromatic N) is 4. The van der Waals surface area contributed by atoms with E-state index in [1.807, 2.05) is 33.2 Å². The van der Waals surface area contributed by atoms with E-state index in [0.717, 1.165) is 31.6 Å². The lowest BCUT2D eigenvalue weighted by Gasteiger charge is -2.33. The van der Waals surface area contributed by atoms with Gasteiger partial charge in [0.2, 0.25) is 0 Å². The molecule has 2 saturated heterocycles. The number of hydrogen-bond acceptors (Lipinski definition) is 6. The summed E-state index contributed by atoms with van der Waals surface area (Å²) in [6, 6.07) is 0.415. The molecule has 1 aromatic heterocycles. The zero-order chi connectivity index (χ0) is 17.9. The van der Waals surface area contributed by atoms with Crippen molar-refractivity contribution < 1.29 is 14.3 Å². The molecule has 1 aromatic rings. The minimum absolute atomic E-state index is 0.0383. The summed E-state index contributed by atoms with van der Waals surface area (Å²) in [5.41, 5.74) is 0.597. The van der Waals surface area contributed by atoms with Crippen LogP contribution in [0.25, 0.3) is 0 Å². The maximum atomic E-state index is 12.1. The molecule has 3 heterocycles. The number of aromatic nitrogens is 2. The number of carbonyl (C=O) groups excluding carboxylic acids is 1. The molecule has 2 aliphatic rings. The molecule has 0 saturated carbocycles. The summed E-state index contributed by atoms with van der Waals surface area (Å²) < 4.78 is 11.3. The Hall–Kier alpha value is -2.05. The topological polar surface area (TPSA) is 67.8 Å². The van der Waals surface area contributed by atoms with Gasteiger partial charge in [0.15, 0.2) is 0 Å². The predicted octanol–water partition coefficient (Wildman–Crippen LogP) is 2.86. The predicted molar refractivity (Wildman–Crippen MR) is 94.9 cm³/mol. The molecule has 0 radical (unpaired) electrons. The molecule has 0 bridgehead atoms. The number of hydrogen-bond donors (Lipinski definition) is 0. The van der Waals surface area contributed by atoms with Crippen molar-refractivity contribution in [2.24, 2.45) is 0 Å². The van der Waals surface area contributed by atoms with Crippen molar-refractivity contribution >= 4 is 11.8 Å². The molecule has 0 spiro atoms. The van der Waals surface area contributed by atoms with E-state index in [0.29, 0.717) is 19.1 Å². The Morgan fingerprint density at radius 3 is 2.24 bits per heavy atom. The van der Waals surface area contributed by atoms with Crippen LogP contribution in [-0.4, -0.2) is 58.8 Å². The number of rotatable bonds is 3. The average molecular weight is 348 g/mol. The summed E-state index contributed by atoms with van der Waals surface area (Å²) >= 11 is 0. The fraction of sp³-hybridized carbons (Fsp3) is 0.722. The molecule has 0 N–H and O–H groups in total. The van der Waals surface area contributed by atoms with Gasteiger partial charge < -0.3 is 19.3 Å². The van der Waals surface area contributed by atoms with Crippen LogP contribution in [0.1, 0.15) is 46.5 Å². The van der Waals surface area contributed by atoms with Gasteiger partial charge in [-0.15, -0.1) is 0 Å². The molecular weight excluding hydrogens is 320 g/mol. The summed E-state index contributed by atoms with van der Waals surface area (Å²) in [5.74, 6) is 0. The molecule has 25 heavy (non-hydrogen) atoms. The van der Waals surface area contributed by atoms with Crippen LogP contribution < -0.4 is 9.64 Å². The molecule has 138 valence electrons. The van der Waals surface area contributed by atoms with E-state index in [1.54, 1.807) is 4.90 Å². The highest BCUT2D eigenvalue weighted by atomic mass is 16.6. The van der Waals surface area contributed by atoms with Crippen LogP contribution in [0.4, 0.5) is 10.5 Å². The van der Waals surface area contributed by atoms with Gasteiger partial charge in [0, 0.05) is 39.0 Å². The van der Waals surface area contributed by atoms with Crippen molar-refractivity contribution in [2.75, 3.05) is 31.1 Å². The summed E-state index contributed by atoms with van der Waals surface area (Å²) in [6.45, 7) is 9.05. The summed E-state index contributed by atoms with van der Waals surface area (Å²) in [6.07, 6.45) is 7.44. The van der Waals surface area contributed by atoms with Gasteiger partial charge >= 0.3 is 12.1 Å². The molecular formula is C18H28N4O3. The van der Waals surface area contributed by atoms with E-state index in [4.69, 9.17) is 9.47 Å². The third-order valence-electron chi connectivity index (χ3n) is 4.45. The van der Waals surface area contributed by atoms with E-state index in [2.05, 4.69) is 14.9 Å². The van der Waals surface area contributed by atoms with Crippen LogP contribution in [0.5, 0.6) is 6.01 Å². The second-order valence-corrected chi connectivity index (χ2v) is 7.70. The van der Waals surface area contributed by atoms with Gasteiger partial charge in [-0.05, 0) is 33.6 Å². The van der Waals surface area contributed by atoms with Crippen molar-refractivity contribution in [3.63, 3.8) is 0 Å². The van der Waals surface area contributed by atoms with Crippen LogP contribution in [0.15, 0.2) is 12.4 Å². The van der Waals surface area contributed by atoms with E-state index < -0.39 is 5.60 Å². The first kappa shape index (κ1) is 17.8. The standard InChI is InChI=1S/C18H28N4O3/c1-18(2,3)25-17(23)22-10-6-15(7-11-22)24-16-19-12-14(13-20-16)21-8-4-5-9-21/h12-13,15H,4-11H2,1-3H3. The summed E-state index contributed by atoms with van der Waals surface area (Å²) in [7, 11) is 0. The van der Waals surface area contributed by atoms with Crippen molar-refractivity contribution in [2.45, 2.75) is 58.2 Å². The van der Waals surface area contributed by atoms with Crippen molar-refractivity contribution in [1.82, 2.24) is 14.9 Å². The molecule has 3 rings (SSSR count). The third-order valence-corrected chi connectivity index (χ3v) is 4.45. The number of carbonyl (C=O) groups is 1. The first-order chi connectivity index (χ1) is 11.9. The Morgan fingerprint density at radius 2 is 1.68 bits per heavy atom. The Kier molecular flexibility index (Phi) is 5.30. The molecule has 7 heteroatoms. The lowest BCUT2D eigenvalue weighted by molar-refractivity contribution is 0.0119. The SMILES string of the molecule is CC(C)(C)OC(=O)N1CCC(Oc2ncc(N3CCCC3)cn2)CC1. The number of likely N-dealkylation sites (tertiary alicyclic amines) is 1. The van der Waals surface area contributed by atoms with Gasteiger partial charge in [-0.25, -0.2) is 14.8 Å². The number of anilines is 1. The first-order valence-corrected chi connectivity index (χ1v) is 9.12. The molecule has 7 nitrogen and oxygen atoms in total. The molecule has 0 aliphatic carbocycles. The Morgan fingerprint density at radius 1 is 1.08 bits per heavy atom. The van der Waals surface area contributed by atoms with Gasteiger partial charge in [-0.3, -0.25) is 0 Å². The summed E-state index contributed by atoms with van der Waals surface area (Å²) in [4.78, 5) is 24.8. The quantitative estimate of drug-likeness (QED) is 0.837. The molecule has 0 atom stereocenters. The molecule has 1 amide bonds. The normalized spacial score (nSPS) is 19.2. The molecule has 2 fully saturated rings. The van der Waals surface area contributed by atoms with Crippen LogP contribution in [0.3, 0.4) is 0 Å². The monoisotopic (exact) mass is 348 g/mol. The average Bonchev–Trinajstić information content (AvgIpc) is 3.09. The largest absolute Gasteiger partial charge is 0.460 e. The van der Waals surface area contributed by atoms with Gasteiger partial charge in [-0.2, -0.15) is 0 Å². The van der Waals surface area contributed by atoms with E-state index in [1.165, 1.54) is 12.8 Å². The lowest BCUT2D eigenvalue weighted by Crippen LogP contribution is -2.44. The van der Waals surface area contributed by atoms with Gasteiger partial charge in [-0.1, -0.05) is 0 Å². The third kappa shape index (κ3) is 4.96. The maximum absolute atomic E-state index is 12.1. The van der Waals surface area contributed by atoms with E-state index in [9.17, 15) is 4.79 Å². The molecule has 0 aromatic carbocycles. The Bertz CT molecular complexity index is 571. The van der Waals surface area contributed by atoms with Crippen molar-refractivity contribution in [3.8, 4) is 6.01 Å². The minimum Gasteiger partial charge on any atom is -0.460 e. The molecule has 0 unspecified atom stereocenters. The highest BCUT2D eigenvalue weighted by Gasteiger charge is 2.28. The zero-order valence-corrected chi connectivity index (χ0v) is 15.4. The van der Waals surface area contributed by atoms with Crippen LogP contribution in [0.2, 0.25) is 0 Å². The minimum atomic E-state index is -0.463. The maximum Gasteiger partial charge on any atom is 0.410 e. The summed E-state index contributed by atoms with van der Waals surface area (Å²) in [5, 5.41) is 0. The fourth-order valence-corrected chi connectivity index (χ4v) is 3.14. The van der Waals surface area contributed by atoms with Crippen molar-refractivity contribution in [1.29, 1.82) is 0 Å². The smallest absolute Gasteiger partial charge is 0.410 e. The lowest BCUT2D eigenvalue weighted by atomic mass is 10.1. The second kappa shape index (κ2) is 7.45. The highest BCUT2D eigenvalue weighted by molar-refractivity contribution is 5.68. The van der Waals surface area contributed by atoms with Gasteiger partial charge in [0.1, 0.15) is 11.7 Å². The number of piperidine rings is 1. The first-order valence-electron chi connectivity index (χ1n) is 9.12. The Balaban J connectivity index is 1.46. The fourth-order valence-electron chi connectivity index (χ4n) is 3.14. The van der Waals surface area contributed by atoms with E-state index in [-0.39, 0.29) is 12.2 Å². The number of ether oxygens (including phenoxy) is 2. The van der Waals surface area contributed by atoms with Crippen LogP contribution in [-0.2, 0) is 4.74 Å². The van der Waals surface area contributed by atoms with Crippen LogP contribution >= 0.6 is 0 Å².